The Hall–Kier alpha value is -2.11. The number of carbonyl (C=O) groups excluding carboxylic acids is 1. The van der Waals surface area contributed by atoms with E-state index in [2.05, 4.69) is 15.5 Å². The molecule has 1 aliphatic heterocycles. The van der Waals surface area contributed by atoms with Gasteiger partial charge in [0.1, 0.15) is 0 Å². The highest BCUT2D eigenvalue weighted by Gasteiger charge is 2.69. The first-order chi connectivity index (χ1) is 13.1. The van der Waals surface area contributed by atoms with Crippen LogP contribution in [0.25, 0.3) is 0 Å². The molecule has 5 nitrogen and oxygen atoms in total. The van der Waals surface area contributed by atoms with Crippen molar-refractivity contribution in [3.05, 3.63) is 58.3 Å². The first-order valence-electron chi connectivity index (χ1n) is 9.03. The first-order valence-corrected chi connectivity index (χ1v) is 9.79. The highest BCUT2D eigenvalue weighted by Crippen LogP contribution is 2.60. The van der Waals surface area contributed by atoms with Crippen LogP contribution in [0, 0.1) is 17.8 Å². The van der Waals surface area contributed by atoms with Gasteiger partial charge in [-0.1, -0.05) is 34.4 Å². The number of aromatic nitrogens is 1. The summed E-state index contributed by atoms with van der Waals surface area (Å²) in [4.78, 5) is 23.6. The SMILES string of the molecule is O=C(Nc1cccc(Cl)c1Cl)[C@]12ON=C(c3cccnc3)[C@H]1[C@@H]1CC[C@H]2C1. The third-order valence-corrected chi connectivity index (χ3v) is 6.93. The molecule has 0 unspecified atom stereocenters. The molecule has 5 rings (SSSR count). The fraction of sp³-hybridized carbons (Fsp3) is 0.350. The molecular formula is C20H17Cl2N3O2. The minimum absolute atomic E-state index is 0.0709. The second-order valence-corrected chi connectivity index (χ2v) is 8.19. The van der Waals surface area contributed by atoms with Gasteiger partial charge in [-0.2, -0.15) is 0 Å². The number of fused-ring (bicyclic) bond motifs is 5. The van der Waals surface area contributed by atoms with Gasteiger partial charge < -0.3 is 10.2 Å². The lowest BCUT2D eigenvalue weighted by Crippen LogP contribution is -2.53. The lowest BCUT2D eigenvalue weighted by atomic mass is 9.72. The van der Waals surface area contributed by atoms with E-state index in [0.717, 1.165) is 30.5 Å². The zero-order valence-corrected chi connectivity index (χ0v) is 15.9. The molecule has 138 valence electrons. The molecule has 27 heavy (non-hydrogen) atoms. The average molecular weight is 402 g/mol. The number of anilines is 1. The minimum Gasteiger partial charge on any atom is -0.378 e. The Balaban J connectivity index is 1.51. The van der Waals surface area contributed by atoms with Crippen molar-refractivity contribution in [3.8, 4) is 0 Å². The summed E-state index contributed by atoms with van der Waals surface area (Å²) >= 11 is 12.4. The predicted octanol–water partition coefficient (Wildman–Crippen LogP) is 4.55. The number of hydrogen-bond donors (Lipinski definition) is 1. The largest absolute Gasteiger partial charge is 0.378 e. The van der Waals surface area contributed by atoms with Gasteiger partial charge in [0, 0.05) is 23.9 Å². The van der Waals surface area contributed by atoms with Gasteiger partial charge in [-0.05, 0) is 49.4 Å². The van der Waals surface area contributed by atoms with Crippen LogP contribution in [0.1, 0.15) is 24.8 Å². The second-order valence-electron chi connectivity index (χ2n) is 7.41. The van der Waals surface area contributed by atoms with Crippen LogP contribution < -0.4 is 5.32 Å². The summed E-state index contributed by atoms with van der Waals surface area (Å²) in [6.07, 6.45) is 6.52. The van der Waals surface area contributed by atoms with Gasteiger partial charge in [-0.3, -0.25) is 9.78 Å². The zero-order valence-electron chi connectivity index (χ0n) is 14.4. The van der Waals surface area contributed by atoms with Gasteiger partial charge in [-0.15, -0.1) is 0 Å². The molecule has 2 fully saturated rings. The van der Waals surface area contributed by atoms with Gasteiger partial charge in [0.25, 0.3) is 5.91 Å². The van der Waals surface area contributed by atoms with Gasteiger partial charge in [-0.25, -0.2) is 0 Å². The number of amides is 1. The minimum atomic E-state index is -0.986. The molecule has 0 spiro atoms. The summed E-state index contributed by atoms with van der Waals surface area (Å²) in [5, 5.41) is 8.03. The van der Waals surface area contributed by atoms with Crippen molar-refractivity contribution in [1.29, 1.82) is 0 Å². The molecule has 2 bridgehead atoms. The standard InChI is InChI=1S/C20H17Cl2N3O2/c21-14-4-1-5-15(17(14)22)24-19(26)20-13-7-6-11(9-13)16(20)18(25-27-20)12-3-2-8-23-10-12/h1-5,8,10-11,13,16H,6-7,9H2,(H,24,26)/t11-,13+,16-,20-/m1/s1. The van der Waals surface area contributed by atoms with Gasteiger partial charge in [0.2, 0.25) is 5.60 Å². The van der Waals surface area contributed by atoms with E-state index in [-0.39, 0.29) is 17.7 Å². The quantitative estimate of drug-likeness (QED) is 0.820. The fourth-order valence-corrected chi connectivity index (χ4v) is 5.33. The Kier molecular flexibility index (Phi) is 3.92. The first kappa shape index (κ1) is 17.0. The maximum absolute atomic E-state index is 13.4. The number of carbonyl (C=O) groups is 1. The summed E-state index contributed by atoms with van der Waals surface area (Å²) in [6, 6.07) is 9.02. The molecular weight excluding hydrogens is 385 g/mol. The molecule has 1 aromatic heterocycles. The third kappa shape index (κ3) is 2.41. The Morgan fingerprint density at radius 1 is 1.22 bits per heavy atom. The van der Waals surface area contributed by atoms with Crippen LogP contribution in [0.5, 0.6) is 0 Å². The number of halogens is 2. The lowest BCUT2D eigenvalue weighted by Gasteiger charge is -2.35. The fourth-order valence-electron chi connectivity index (χ4n) is 4.99. The normalized spacial score (nSPS) is 30.6. The monoisotopic (exact) mass is 401 g/mol. The number of benzene rings is 1. The Bertz CT molecular complexity index is 949. The van der Waals surface area contributed by atoms with Crippen LogP contribution in [0.4, 0.5) is 5.69 Å². The molecule has 4 atom stereocenters. The van der Waals surface area contributed by atoms with Gasteiger partial charge >= 0.3 is 0 Å². The summed E-state index contributed by atoms with van der Waals surface area (Å²) < 4.78 is 0. The van der Waals surface area contributed by atoms with Crippen molar-refractivity contribution in [2.75, 3.05) is 5.32 Å². The zero-order chi connectivity index (χ0) is 18.6. The molecule has 7 heteroatoms. The number of rotatable bonds is 3. The third-order valence-electron chi connectivity index (χ3n) is 6.11. The van der Waals surface area contributed by atoms with Gasteiger partial charge in [0.15, 0.2) is 0 Å². The molecule has 0 radical (unpaired) electrons. The molecule has 1 amide bonds. The second kappa shape index (κ2) is 6.21. The summed E-state index contributed by atoms with van der Waals surface area (Å²) in [7, 11) is 0. The number of nitrogens with one attached hydrogen (secondary N) is 1. The molecule has 2 aliphatic carbocycles. The van der Waals surface area contributed by atoms with Crippen LogP contribution in [0.15, 0.2) is 47.9 Å². The van der Waals surface area contributed by atoms with E-state index in [9.17, 15) is 4.79 Å². The topological polar surface area (TPSA) is 63.6 Å². The van der Waals surface area contributed by atoms with Crippen LogP contribution in [-0.4, -0.2) is 22.2 Å². The summed E-state index contributed by atoms with van der Waals surface area (Å²) in [5.41, 5.74) is 1.23. The van der Waals surface area contributed by atoms with Crippen LogP contribution in [0.2, 0.25) is 10.0 Å². The van der Waals surface area contributed by atoms with E-state index in [0.29, 0.717) is 21.7 Å². The molecule has 2 heterocycles. The average Bonchev–Trinajstić information content (AvgIpc) is 3.38. The number of nitrogens with zero attached hydrogens (tertiary/aromatic N) is 2. The van der Waals surface area contributed by atoms with E-state index in [1.165, 1.54) is 0 Å². The Morgan fingerprint density at radius 2 is 2.11 bits per heavy atom. The molecule has 2 aromatic rings. The van der Waals surface area contributed by atoms with Crippen molar-refractivity contribution in [2.45, 2.75) is 24.9 Å². The maximum atomic E-state index is 13.4. The Labute approximate surface area is 166 Å². The van der Waals surface area contributed by atoms with Crippen molar-refractivity contribution in [1.82, 2.24) is 4.98 Å². The molecule has 1 aromatic carbocycles. The number of oxime groups is 1. The van der Waals surface area contributed by atoms with Crippen LogP contribution in [0.3, 0.4) is 0 Å². The Morgan fingerprint density at radius 3 is 2.93 bits per heavy atom. The molecule has 1 N–H and O–H groups in total. The highest BCUT2D eigenvalue weighted by atomic mass is 35.5. The van der Waals surface area contributed by atoms with Crippen molar-refractivity contribution < 1.29 is 9.63 Å². The molecule has 0 saturated heterocycles. The van der Waals surface area contributed by atoms with E-state index in [1.807, 2.05) is 12.1 Å². The van der Waals surface area contributed by atoms with Crippen LogP contribution in [-0.2, 0) is 9.63 Å². The smallest absolute Gasteiger partial charge is 0.272 e. The molecule has 2 saturated carbocycles. The summed E-state index contributed by atoms with van der Waals surface area (Å²) in [6.45, 7) is 0. The van der Waals surface area contributed by atoms with Crippen molar-refractivity contribution in [2.24, 2.45) is 22.9 Å². The maximum Gasteiger partial charge on any atom is 0.272 e. The summed E-state index contributed by atoms with van der Waals surface area (Å²) in [5.74, 6) is 0.255. The van der Waals surface area contributed by atoms with Gasteiger partial charge in [0.05, 0.1) is 27.4 Å². The van der Waals surface area contributed by atoms with E-state index >= 15 is 0 Å². The lowest BCUT2D eigenvalue weighted by molar-refractivity contribution is -0.149. The van der Waals surface area contributed by atoms with Crippen molar-refractivity contribution >= 4 is 40.5 Å². The van der Waals surface area contributed by atoms with E-state index < -0.39 is 5.60 Å². The van der Waals surface area contributed by atoms with Crippen molar-refractivity contribution in [3.63, 3.8) is 0 Å². The van der Waals surface area contributed by atoms with E-state index in [4.69, 9.17) is 28.0 Å². The number of pyridine rings is 1. The van der Waals surface area contributed by atoms with Crippen LogP contribution >= 0.6 is 23.2 Å². The molecule has 3 aliphatic rings. The van der Waals surface area contributed by atoms with E-state index in [1.54, 1.807) is 30.6 Å². The predicted molar refractivity (Wildman–Crippen MR) is 104 cm³/mol. The highest BCUT2D eigenvalue weighted by molar-refractivity contribution is 6.44. The number of hydrogen-bond acceptors (Lipinski definition) is 4.